The molecule has 0 spiro atoms. The minimum Gasteiger partial charge on any atom is -0.397 e. The summed E-state index contributed by atoms with van der Waals surface area (Å²) in [5.41, 5.74) is 8.62. The first kappa shape index (κ1) is 12.6. The Bertz CT molecular complexity index is 576. The molecule has 0 aliphatic carbocycles. The molecular formula is C14H13BrN2O. The maximum absolute atomic E-state index is 12.1. The third-order valence-corrected chi connectivity index (χ3v) is 3.12. The summed E-state index contributed by atoms with van der Waals surface area (Å²) in [6, 6.07) is 12.8. The van der Waals surface area contributed by atoms with Crippen LogP contribution >= 0.6 is 15.9 Å². The third-order valence-electron chi connectivity index (χ3n) is 2.63. The standard InChI is InChI=1S/C14H13BrN2O/c1-9-4-2-7-12(16)13(9)17-14(18)10-5-3-6-11(15)8-10/h2-8H,16H2,1H3,(H,17,18). The molecule has 2 aromatic rings. The number of nitrogens with one attached hydrogen (secondary N) is 1. The lowest BCUT2D eigenvalue weighted by atomic mass is 10.1. The fourth-order valence-electron chi connectivity index (χ4n) is 1.68. The number of carbonyl (C=O) groups excluding carboxylic acids is 1. The molecule has 0 fully saturated rings. The maximum atomic E-state index is 12.1. The molecular weight excluding hydrogens is 292 g/mol. The Morgan fingerprint density at radius 2 is 1.94 bits per heavy atom. The van der Waals surface area contributed by atoms with E-state index in [0.29, 0.717) is 16.9 Å². The summed E-state index contributed by atoms with van der Waals surface area (Å²) in [5.74, 6) is -0.169. The second-order valence-electron chi connectivity index (χ2n) is 4.00. The molecule has 3 N–H and O–H groups in total. The fraction of sp³-hybridized carbons (Fsp3) is 0.0714. The van der Waals surface area contributed by atoms with Crippen molar-refractivity contribution in [2.24, 2.45) is 0 Å². The highest BCUT2D eigenvalue weighted by molar-refractivity contribution is 9.10. The van der Waals surface area contributed by atoms with Gasteiger partial charge in [-0.2, -0.15) is 0 Å². The van der Waals surface area contributed by atoms with Gasteiger partial charge in [0.05, 0.1) is 11.4 Å². The minimum atomic E-state index is -0.169. The Kier molecular flexibility index (Phi) is 3.67. The van der Waals surface area contributed by atoms with Gasteiger partial charge in [-0.25, -0.2) is 0 Å². The van der Waals surface area contributed by atoms with Crippen LogP contribution in [0.3, 0.4) is 0 Å². The van der Waals surface area contributed by atoms with Gasteiger partial charge in [-0.05, 0) is 36.8 Å². The lowest BCUT2D eigenvalue weighted by Crippen LogP contribution is -2.14. The van der Waals surface area contributed by atoms with E-state index in [1.54, 1.807) is 18.2 Å². The van der Waals surface area contributed by atoms with E-state index in [-0.39, 0.29) is 5.91 Å². The Labute approximate surface area is 114 Å². The SMILES string of the molecule is Cc1cccc(N)c1NC(=O)c1cccc(Br)c1. The highest BCUT2D eigenvalue weighted by Gasteiger charge is 2.09. The van der Waals surface area contributed by atoms with Crippen LogP contribution in [0.15, 0.2) is 46.9 Å². The molecule has 1 amide bonds. The number of benzene rings is 2. The first-order chi connectivity index (χ1) is 8.58. The first-order valence-electron chi connectivity index (χ1n) is 5.50. The zero-order valence-corrected chi connectivity index (χ0v) is 11.5. The zero-order chi connectivity index (χ0) is 13.1. The van der Waals surface area contributed by atoms with Crippen molar-refractivity contribution in [1.29, 1.82) is 0 Å². The van der Waals surface area contributed by atoms with Gasteiger partial charge in [-0.15, -0.1) is 0 Å². The molecule has 4 heteroatoms. The lowest BCUT2D eigenvalue weighted by Gasteiger charge is -2.11. The summed E-state index contributed by atoms with van der Waals surface area (Å²) < 4.78 is 0.868. The lowest BCUT2D eigenvalue weighted by molar-refractivity contribution is 0.102. The van der Waals surface area contributed by atoms with Crippen LogP contribution in [-0.2, 0) is 0 Å². The van der Waals surface area contributed by atoms with Crippen molar-refractivity contribution < 1.29 is 4.79 Å². The molecule has 0 aromatic heterocycles. The molecule has 18 heavy (non-hydrogen) atoms. The molecule has 2 rings (SSSR count). The van der Waals surface area contributed by atoms with Crippen LogP contribution in [0.25, 0.3) is 0 Å². The van der Waals surface area contributed by atoms with E-state index in [9.17, 15) is 4.79 Å². The van der Waals surface area contributed by atoms with Crippen molar-refractivity contribution in [3.8, 4) is 0 Å². The van der Waals surface area contributed by atoms with Crippen molar-refractivity contribution in [2.75, 3.05) is 11.1 Å². The first-order valence-corrected chi connectivity index (χ1v) is 6.29. The molecule has 3 nitrogen and oxygen atoms in total. The predicted octanol–water partition coefficient (Wildman–Crippen LogP) is 3.59. The van der Waals surface area contributed by atoms with Crippen LogP contribution in [0.2, 0.25) is 0 Å². The van der Waals surface area contributed by atoms with Crippen LogP contribution in [0.4, 0.5) is 11.4 Å². The number of carbonyl (C=O) groups is 1. The number of rotatable bonds is 2. The minimum absolute atomic E-state index is 0.169. The number of aryl methyl sites for hydroxylation is 1. The third kappa shape index (κ3) is 2.71. The van der Waals surface area contributed by atoms with Crippen molar-refractivity contribution in [1.82, 2.24) is 0 Å². The smallest absolute Gasteiger partial charge is 0.255 e. The van der Waals surface area contributed by atoms with Gasteiger partial charge in [0, 0.05) is 10.0 Å². The summed E-state index contributed by atoms with van der Waals surface area (Å²) >= 11 is 3.34. The summed E-state index contributed by atoms with van der Waals surface area (Å²) in [6.45, 7) is 1.91. The summed E-state index contributed by atoms with van der Waals surface area (Å²) in [5, 5.41) is 2.84. The molecule has 0 aliphatic rings. The van der Waals surface area contributed by atoms with Gasteiger partial charge < -0.3 is 11.1 Å². The Morgan fingerprint density at radius 1 is 1.22 bits per heavy atom. The van der Waals surface area contributed by atoms with Gasteiger partial charge in [-0.3, -0.25) is 4.79 Å². The second kappa shape index (κ2) is 5.23. The number of hydrogen-bond acceptors (Lipinski definition) is 2. The average Bonchev–Trinajstić information content (AvgIpc) is 2.34. The Balaban J connectivity index is 2.27. The molecule has 0 saturated heterocycles. The number of amides is 1. The van der Waals surface area contributed by atoms with Crippen LogP contribution in [0.1, 0.15) is 15.9 Å². The van der Waals surface area contributed by atoms with E-state index in [1.165, 1.54) is 0 Å². The number of halogens is 1. The Hall–Kier alpha value is -1.81. The van der Waals surface area contributed by atoms with E-state index in [1.807, 2.05) is 31.2 Å². The molecule has 0 saturated carbocycles. The normalized spacial score (nSPS) is 10.1. The topological polar surface area (TPSA) is 55.1 Å². The average molecular weight is 305 g/mol. The van der Waals surface area contributed by atoms with Crippen molar-refractivity contribution in [3.05, 3.63) is 58.1 Å². The molecule has 2 aromatic carbocycles. The van der Waals surface area contributed by atoms with Crippen LogP contribution in [0, 0.1) is 6.92 Å². The molecule has 0 aliphatic heterocycles. The van der Waals surface area contributed by atoms with E-state index < -0.39 is 0 Å². The molecule has 92 valence electrons. The van der Waals surface area contributed by atoms with Gasteiger partial charge in [0.15, 0.2) is 0 Å². The Morgan fingerprint density at radius 3 is 2.61 bits per heavy atom. The highest BCUT2D eigenvalue weighted by atomic mass is 79.9. The van der Waals surface area contributed by atoms with Crippen LogP contribution in [0.5, 0.6) is 0 Å². The quantitative estimate of drug-likeness (QED) is 0.833. The summed E-state index contributed by atoms with van der Waals surface area (Å²) in [7, 11) is 0. The van der Waals surface area contributed by atoms with Crippen molar-refractivity contribution in [3.63, 3.8) is 0 Å². The predicted molar refractivity (Wildman–Crippen MR) is 77.7 cm³/mol. The van der Waals surface area contributed by atoms with Crippen molar-refractivity contribution in [2.45, 2.75) is 6.92 Å². The highest BCUT2D eigenvalue weighted by Crippen LogP contribution is 2.23. The molecule has 0 heterocycles. The summed E-state index contributed by atoms with van der Waals surface area (Å²) in [4.78, 5) is 12.1. The largest absolute Gasteiger partial charge is 0.397 e. The molecule has 0 atom stereocenters. The number of nitrogen functional groups attached to an aromatic ring is 1. The zero-order valence-electron chi connectivity index (χ0n) is 9.91. The van der Waals surface area contributed by atoms with Crippen molar-refractivity contribution >= 4 is 33.2 Å². The number of para-hydroxylation sites is 1. The van der Waals surface area contributed by atoms with Crippen LogP contribution in [-0.4, -0.2) is 5.91 Å². The van der Waals surface area contributed by atoms with E-state index in [0.717, 1.165) is 10.0 Å². The van der Waals surface area contributed by atoms with Gasteiger partial charge in [0.1, 0.15) is 0 Å². The molecule has 0 bridgehead atoms. The molecule has 0 unspecified atom stereocenters. The van der Waals surface area contributed by atoms with Crippen LogP contribution < -0.4 is 11.1 Å². The van der Waals surface area contributed by atoms with E-state index in [2.05, 4.69) is 21.2 Å². The molecule has 0 radical (unpaired) electrons. The number of hydrogen-bond donors (Lipinski definition) is 2. The summed E-state index contributed by atoms with van der Waals surface area (Å²) in [6.07, 6.45) is 0. The van der Waals surface area contributed by atoms with E-state index in [4.69, 9.17) is 5.73 Å². The second-order valence-corrected chi connectivity index (χ2v) is 4.92. The number of nitrogens with two attached hydrogens (primary N) is 1. The van der Waals surface area contributed by atoms with Gasteiger partial charge in [-0.1, -0.05) is 34.1 Å². The van der Waals surface area contributed by atoms with Gasteiger partial charge >= 0.3 is 0 Å². The monoisotopic (exact) mass is 304 g/mol. The van der Waals surface area contributed by atoms with Gasteiger partial charge in [0.25, 0.3) is 5.91 Å². The maximum Gasteiger partial charge on any atom is 0.255 e. The number of anilines is 2. The fourth-order valence-corrected chi connectivity index (χ4v) is 2.08. The van der Waals surface area contributed by atoms with Gasteiger partial charge in [0.2, 0.25) is 0 Å². The van der Waals surface area contributed by atoms with E-state index >= 15 is 0 Å².